The van der Waals surface area contributed by atoms with Crippen LogP contribution >= 0.6 is 45.8 Å². The van der Waals surface area contributed by atoms with Crippen molar-refractivity contribution < 1.29 is 4.79 Å². The monoisotopic (exact) mass is 294 g/mol. The molecule has 4 heteroatoms. The van der Waals surface area contributed by atoms with Crippen LogP contribution in [-0.2, 0) is 4.79 Å². The predicted octanol–water partition coefficient (Wildman–Crippen LogP) is 2.96. The largest absolute Gasteiger partial charge is 0.300 e. The molecule has 0 aliphatic heterocycles. The summed E-state index contributed by atoms with van der Waals surface area (Å²) in [7, 11) is 0. The van der Waals surface area contributed by atoms with Crippen LogP contribution < -0.4 is 0 Å². The number of aldehydes is 1. The van der Waals surface area contributed by atoms with E-state index in [4.69, 9.17) is 23.2 Å². The highest BCUT2D eigenvalue weighted by Crippen LogP contribution is 2.28. The summed E-state index contributed by atoms with van der Waals surface area (Å²) in [5.41, 5.74) is 0. The number of alkyl halides is 3. The van der Waals surface area contributed by atoms with Gasteiger partial charge >= 0.3 is 0 Å². The molecule has 0 spiro atoms. The van der Waals surface area contributed by atoms with Crippen LogP contribution in [0, 0.1) is 0 Å². The van der Waals surface area contributed by atoms with Gasteiger partial charge in [-0.1, -0.05) is 52.7 Å². The van der Waals surface area contributed by atoms with E-state index in [0.717, 1.165) is 6.42 Å². The predicted molar refractivity (Wildman–Crippen MR) is 53.2 cm³/mol. The van der Waals surface area contributed by atoms with E-state index in [1.54, 1.807) is 0 Å². The number of hydrogen-bond donors (Lipinski definition) is 0. The maximum Gasteiger partial charge on any atom is 0.173 e. The van der Waals surface area contributed by atoms with Gasteiger partial charge in [-0.25, -0.2) is 0 Å². The first kappa shape index (κ1) is 11.0. The summed E-state index contributed by atoms with van der Waals surface area (Å²) in [6, 6.07) is 0. The molecule has 0 radical (unpaired) electrons. The third-order valence-electron chi connectivity index (χ3n) is 1.11. The standard InChI is InChI=1S/C6H9Cl2IO/c1-2-5(9)3-6(7,8)4-10/h4-5H,2-3H2,1H3. The van der Waals surface area contributed by atoms with Crippen molar-refractivity contribution in [1.82, 2.24) is 0 Å². The number of hydrogen-bond acceptors (Lipinski definition) is 1. The second kappa shape index (κ2) is 4.78. The third kappa shape index (κ3) is 4.74. The fraction of sp³-hybridized carbons (Fsp3) is 0.833. The summed E-state index contributed by atoms with van der Waals surface area (Å²) >= 11 is 13.4. The molecular weight excluding hydrogens is 286 g/mol. The lowest BCUT2D eigenvalue weighted by molar-refractivity contribution is -0.108. The molecule has 0 aliphatic carbocycles. The van der Waals surface area contributed by atoms with Crippen LogP contribution in [0.5, 0.6) is 0 Å². The molecule has 0 aromatic heterocycles. The molecule has 0 saturated carbocycles. The Morgan fingerprint density at radius 3 is 2.50 bits per heavy atom. The molecule has 0 heterocycles. The summed E-state index contributed by atoms with van der Waals surface area (Å²) in [6.07, 6.45) is 2.09. The Kier molecular flexibility index (Phi) is 5.24. The molecule has 1 atom stereocenters. The molecule has 0 aromatic rings. The third-order valence-corrected chi connectivity index (χ3v) is 2.92. The van der Waals surface area contributed by atoms with E-state index >= 15 is 0 Å². The van der Waals surface area contributed by atoms with Gasteiger partial charge in [0.1, 0.15) is 0 Å². The molecular formula is C6H9Cl2IO. The topological polar surface area (TPSA) is 17.1 Å². The van der Waals surface area contributed by atoms with E-state index in [1.807, 2.05) is 6.92 Å². The Bertz CT molecular complexity index is 116. The highest BCUT2D eigenvalue weighted by atomic mass is 127. The van der Waals surface area contributed by atoms with Gasteiger partial charge in [-0.05, 0) is 12.8 Å². The second-order valence-electron chi connectivity index (χ2n) is 2.09. The fourth-order valence-electron chi connectivity index (χ4n) is 0.488. The van der Waals surface area contributed by atoms with Crippen LogP contribution in [0.15, 0.2) is 0 Å². The Hall–Kier alpha value is 0.980. The van der Waals surface area contributed by atoms with Crippen molar-refractivity contribution in [3.63, 3.8) is 0 Å². The summed E-state index contributed by atoms with van der Waals surface area (Å²) in [6.45, 7) is 2.03. The lowest BCUT2D eigenvalue weighted by Crippen LogP contribution is -2.19. The van der Waals surface area contributed by atoms with Gasteiger partial charge in [-0.3, -0.25) is 0 Å². The Morgan fingerprint density at radius 2 is 2.20 bits per heavy atom. The molecule has 10 heavy (non-hydrogen) atoms. The van der Waals surface area contributed by atoms with E-state index in [0.29, 0.717) is 16.6 Å². The molecule has 0 aliphatic rings. The van der Waals surface area contributed by atoms with Crippen molar-refractivity contribution in [3.8, 4) is 0 Å². The van der Waals surface area contributed by atoms with Gasteiger partial charge in [0.2, 0.25) is 0 Å². The molecule has 0 aromatic carbocycles. The second-order valence-corrected chi connectivity index (χ2v) is 5.39. The van der Waals surface area contributed by atoms with Crippen LogP contribution in [0.1, 0.15) is 19.8 Å². The Labute approximate surface area is 84.6 Å². The van der Waals surface area contributed by atoms with Crippen molar-refractivity contribution in [2.24, 2.45) is 0 Å². The Balaban J connectivity index is 3.75. The van der Waals surface area contributed by atoms with Gasteiger partial charge in [0.25, 0.3) is 0 Å². The molecule has 0 amide bonds. The smallest absolute Gasteiger partial charge is 0.173 e. The van der Waals surface area contributed by atoms with Crippen molar-refractivity contribution in [2.45, 2.75) is 28.0 Å². The van der Waals surface area contributed by atoms with Gasteiger partial charge < -0.3 is 4.79 Å². The lowest BCUT2D eigenvalue weighted by Gasteiger charge is -2.14. The lowest BCUT2D eigenvalue weighted by atomic mass is 10.2. The molecule has 0 saturated heterocycles. The SMILES string of the molecule is CCC(I)CC(Cl)(Cl)C=O. The molecule has 0 rings (SSSR count). The summed E-state index contributed by atoms with van der Waals surface area (Å²) in [5, 5.41) is 0. The van der Waals surface area contributed by atoms with E-state index in [9.17, 15) is 4.79 Å². The maximum atomic E-state index is 10.2. The highest BCUT2D eigenvalue weighted by Gasteiger charge is 2.25. The van der Waals surface area contributed by atoms with E-state index in [-0.39, 0.29) is 0 Å². The summed E-state index contributed by atoms with van der Waals surface area (Å²) < 4.78 is -0.806. The van der Waals surface area contributed by atoms with Gasteiger partial charge in [0, 0.05) is 3.92 Å². The van der Waals surface area contributed by atoms with Crippen LogP contribution in [0.2, 0.25) is 0 Å². The fourth-order valence-corrected chi connectivity index (χ4v) is 2.08. The zero-order valence-corrected chi connectivity index (χ0v) is 9.28. The first-order chi connectivity index (χ1) is 4.52. The normalized spacial score (nSPS) is 14.8. The first-order valence-electron chi connectivity index (χ1n) is 3.00. The van der Waals surface area contributed by atoms with Gasteiger partial charge in [0.05, 0.1) is 0 Å². The van der Waals surface area contributed by atoms with E-state index in [2.05, 4.69) is 22.6 Å². The van der Waals surface area contributed by atoms with Crippen LogP contribution in [0.25, 0.3) is 0 Å². The molecule has 0 N–H and O–H groups in total. The summed E-state index contributed by atoms with van der Waals surface area (Å²) in [5.74, 6) is 0. The van der Waals surface area contributed by atoms with Gasteiger partial charge in [-0.15, -0.1) is 0 Å². The van der Waals surface area contributed by atoms with Crippen molar-refractivity contribution >= 4 is 52.1 Å². The number of halogens is 3. The Morgan fingerprint density at radius 1 is 1.70 bits per heavy atom. The minimum atomic E-state index is -1.18. The summed E-state index contributed by atoms with van der Waals surface area (Å²) in [4.78, 5) is 10.2. The van der Waals surface area contributed by atoms with Crippen LogP contribution in [-0.4, -0.2) is 14.5 Å². The van der Waals surface area contributed by atoms with Crippen molar-refractivity contribution in [1.29, 1.82) is 0 Å². The minimum absolute atomic E-state index is 0.373. The van der Waals surface area contributed by atoms with Crippen LogP contribution in [0.4, 0.5) is 0 Å². The molecule has 1 unspecified atom stereocenters. The number of carbonyl (C=O) groups excluding carboxylic acids is 1. The molecule has 0 fully saturated rings. The molecule has 1 nitrogen and oxygen atoms in total. The molecule has 60 valence electrons. The minimum Gasteiger partial charge on any atom is -0.300 e. The first-order valence-corrected chi connectivity index (χ1v) is 5.00. The van der Waals surface area contributed by atoms with Gasteiger partial charge in [0.15, 0.2) is 10.6 Å². The zero-order chi connectivity index (χ0) is 8.20. The molecule has 0 bridgehead atoms. The van der Waals surface area contributed by atoms with Crippen molar-refractivity contribution in [2.75, 3.05) is 0 Å². The van der Waals surface area contributed by atoms with E-state index in [1.165, 1.54) is 0 Å². The number of rotatable bonds is 4. The van der Waals surface area contributed by atoms with Crippen molar-refractivity contribution in [3.05, 3.63) is 0 Å². The van der Waals surface area contributed by atoms with E-state index < -0.39 is 4.33 Å². The quantitative estimate of drug-likeness (QED) is 0.443. The zero-order valence-electron chi connectivity index (χ0n) is 5.61. The number of carbonyl (C=O) groups is 1. The van der Waals surface area contributed by atoms with Crippen LogP contribution in [0.3, 0.4) is 0 Å². The highest BCUT2D eigenvalue weighted by molar-refractivity contribution is 14.1. The maximum absolute atomic E-state index is 10.2. The van der Waals surface area contributed by atoms with Gasteiger partial charge in [-0.2, -0.15) is 0 Å². The average molecular weight is 295 g/mol. The average Bonchev–Trinajstić information content (AvgIpc) is 1.87.